The molecular weight excluding hydrogens is 293 g/mol. The quantitative estimate of drug-likeness (QED) is 0.441. The summed E-state index contributed by atoms with van der Waals surface area (Å²) in [4.78, 5) is 0. The summed E-state index contributed by atoms with van der Waals surface area (Å²) in [6.45, 7) is 0.686. The number of nitrogens with zero attached hydrogens (tertiary/aromatic N) is 3. The molecule has 3 rings (SSSR count). The number of hydrogen-bond donors (Lipinski definition) is 2. The van der Waals surface area contributed by atoms with Crippen LogP contribution >= 0.6 is 0 Å². The Morgan fingerprint density at radius 3 is 2.61 bits per heavy atom. The normalized spacial score (nSPS) is 11.2. The molecule has 1 heterocycles. The zero-order valence-electron chi connectivity index (χ0n) is 12.4. The molecule has 5 nitrogen and oxygen atoms in total. The van der Waals surface area contributed by atoms with Crippen molar-refractivity contribution in [2.75, 3.05) is 0 Å². The number of benzene rings is 2. The number of aromatic nitrogens is 1. The summed E-state index contributed by atoms with van der Waals surface area (Å²) < 4.78 is 15.1. The van der Waals surface area contributed by atoms with Gasteiger partial charge < -0.3 is 16.0 Å². The highest BCUT2D eigenvalue weighted by atomic mass is 19.1. The number of guanidine groups is 1. The Kier molecular flexibility index (Phi) is 4.05. The third kappa shape index (κ3) is 3.55. The molecule has 0 amide bonds. The summed E-state index contributed by atoms with van der Waals surface area (Å²) in [7, 11) is 0. The van der Waals surface area contributed by atoms with Crippen molar-refractivity contribution in [1.82, 2.24) is 4.57 Å². The first-order chi connectivity index (χ1) is 11.1. The second kappa shape index (κ2) is 6.31. The van der Waals surface area contributed by atoms with E-state index in [1.165, 1.54) is 12.1 Å². The fraction of sp³-hybridized carbons (Fsp3) is 0.0588. The Morgan fingerprint density at radius 2 is 1.87 bits per heavy atom. The molecule has 0 fully saturated rings. The summed E-state index contributed by atoms with van der Waals surface area (Å²) in [5, 5.41) is 8.46. The van der Waals surface area contributed by atoms with Gasteiger partial charge in [0.15, 0.2) is 0 Å². The van der Waals surface area contributed by atoms with Gasteiger partial charge in [0.1, 0.15) is 5.82 Å². The van der Waals surface area contributed by atoms with E-state index < -0.39 is 0 Å². The third-order valence-corrected chi connectivity index (χ3v) is 3.44. The van der Waals surface area contributed by atoms with Gasteiger partial charge in [-0.05, 0) is 41.5 Å². The summed E-state index contributed by atoms with van der Waals surface area (Å²) in [5.74, 6) is -0.302. The molecule has 0 unspecified atom stereocenters. The first-order valence-corrected chi connectivity index (χ1v) is 7.07. The average Bonchev–Trinajstić information content (AvgIpc) is 2.92. The van der Waals surface area contributed by atoms with Gasteiger partial charge in [0, 0.05) is 23.6 Å². The molecule has 0 bridgehead atoms. The van der Waals surface area contributed by atoms with E-state index in [0.717, 1.165) is 22.0 Å². The maximum atomic E-state index is 13.0. The van der Waals surface area contributed by atoms with Gasteiger partial charge in [0.2, 0.25) is 5.96 Å². The highest BCUT2D eigenvalue weighted by molar-refractivity contribution is 5.89. The Hall–Kier alpha value is -3.15. The highest BCUT2D eigenvalue weighted by Crippen LogP contribution is 2.18. The molecule has 0 aliphatic rings. The molecule has 2 aromatic carbocycles. The summed E-state index contributed by atoms with van der Waals surface area (Å²) >= 11 is 0. The van der Waals surface area contributed by atoms with Crippen molar-refractivity contribution < 1.29 is 4.39 Å². The fourth-order valence-electron chi connectivity index (χ4n) is 2.39. The van der Waals surface area contributed by atoms with Gasteiger partial charge in [-0.25, -0.2) is 4.39 Å². The maximum absolute atomic E-state index is 13.0. The van der Waals surface area contributed by atoms with E-state index >= 15 is 0 Å². The van der Waals surface area contributed by atoms with Crippen LogP contribution in [0.4, 0.5) is 4.39 Å². The van der Waals surface area contributed by atoms with E-state index in [-0.39, 0.29) is 11.8 Å². The van der Waals surface area contributed by atoms with Crippen molar-refractivity contribution in [2.45, 2.75) is 6.54 Å². The van der Waals surface area contributed by atoms with E-state index in [1.807, 2.05) is 30.5 Å². The van der Waals surface area contributed by atoms with E-state index in [4.69, 9.17) is 11.5 Å². The number of halogens is 1. The summed E-state index contributed by atoms with van der Waals surface area (Å²) in [6, 6.07) is 14.5. The highest BCUT2D eigenvalue weighted by Gasteiger charge is 2.03. The fourth-order valence-corrected chi connectivity index (χ4v) is 2.39. The Morgan fingerprint density at radius 1 is 1.09 bits per heavy atom. The molecule has 0 aliphatic carbocycles. The van der Waals surface area contributed by atoms with Crippen LogP contribution in [0.15, 0.2) is 64.9 Å². The lowest BCUT2D eigenvalue weighted by atomic mass is 10.1. The molecule has 4 N–H and O–H groups in total. The van der Waals surface area contributed by atoms with Gasteiger partial charge >= 0.3 is 0 Å². The minimum atomic E-state index is -0.226. The Bertz CT molecular complexity index is 874. The summed E-state index contributed by atoms with van der Waals surface area (Å²) in [5.41, 5.74) is 13.5. The lowest BCUT2D eigenvalue weighted by Crippen LogP contribution is -2.21. The van der Waals surface area contributed by atoms with Crippen molar-refractivity contribution >= 4 is 23.1 Å². The lowest BCUT2D eigenvalue weighted by molar-refractivity contribution is 0.626. The standard InChI is InChI=1S/C17H16FN5/c18-15-4-1-12(2-5-15)11-23-8-7-14-9-13(3-6-16(14)23)10-21-22-17(19)20/h1-10H,11H2,(H4,19,20,22). The average molecular weight is 309 g/mol. The van der Waals surface area contributed by atoms with Crippen LogP contribution in [-0.2, 0) is 6.54 Å². The first kappa shape index (κ1) is 14.8. The number of rotatable bonds is 4. The van der Waals surface area contributed by atoms with Crippen LogP contribution in [0, 0.1) is 5.82 Å². The molecule has 23 heavy (non-hydrogen) atoms. The monoisotopic (exact) mass is 309 g/mol. The smallest absolute Gasteiger partial charge is 0.211 e. The van der Waals surface area contributed by atoms with Crippen LogP contribution < -0.4 is 11.5 Å². The van der Waals surface area contributed by atoms with E-state index in [2.05, 4.69) is 14.8 Å². The van der Waals surface area contributed by atoms with E-state index in [1.54, 1.807) is 18.3 Å². The van der Waals surface area contributed by atoms with Gasteiger partial charge in [-0.3, -0.25) is 0 Å². The van der Waals surface area contributed by atoms with Crippen LogP contribution in [-0.4, -0.2) is 16.7 Å². The number of nitrogens with two attached hydrogens (primary N) is 2. The van der Waals surface area contributed by atoms with Gasteiger partial charge in [-0.2, -0.15) is 5.10 Å². The first-order valence-electron chi connectivity index (χ1n) is 7.07. The van der Waals surface area contributed by atoms with Crippen molar-refractivity contribution in [3.63, 3.8) is 0 Å². The zero-order valence-corrected chi connectivity index (χ0v) is 12.4. The van der Waals surface area contributed by atoms with Gasteiger partial charge in [0.05, 0.1) is 6.21 Å². The van der Waals surface area contributed by atoms with Crippen molar-refractivity contribution in [1.29, 1.82) is 0 Å². The molecule has 1 aromatic heterocycles. The van der Waals surface area contributed by atoms with Crippen LogP contribution in [0.2, 0.25) is 0 Å². The minimum absolute atomic E-state index is 0.0761. The summed E-state index contributed by atoms with van der Waals surface area (Å²) in [6.07, 6.45) is 3.60. The third-order valence-electron chi connectivity index (χ3n) is 3.44. The predicted molar refractivity (Wildman–Crippen MR) is 90.8 cm³/mol. The molecule has 0 aliphatic heterocycles. The maximum Gasteiger partial charge on any atom is 0.211 e. The van der Waals surface area contributed by atoms with Crippen molar-refractivity contribution in [3.05, 3.63) is 71.7 Å². The molecule has 0 radical (unpaired) electrons. The second-order valence-corrected chi connectivity index (χ2v) is 5.16. The Balaban J connectivity index is 1.85. The SMILES string of the molecule is NC(N)=NN=Cc1ccc2c(ccn2Cc2ccc(F)cc2)c1. The Labute approximate surface area is 132 Å². The molecule has 0 saturated heterocycles. The molecule has 0 spiro atoms. The van der Waals surface area contributed by atoms with Gasteiger partial charge in [0.25, 0.3) is 0 Å². The van der Waals surface area contributed by atoms with Crippen LogP contribution in [0.25, 0.3) is 10.9 Å². The van der Waals surface area contributed by atoms with Crippen molar-refractivity contribution in [3.8, 4) is 0 Å². The van der Waals surface area contributed by atoms with Gasteiger partial charge in [-0.1, -0.05) is 18.2 Å². The molecule has 3 aromatic rings. The van der Waals surface area contributed by atoms with Crippen LogP contribution in [0.5, 0.6) is 0 Å². The number of fused-ring (bicyclic) bond motifs is 1. The van der Waals surface area contributed by atoms with Crippen LogP contribution in [0.3, 0.4) is 0 Å². The van der Waals surface area contributed by atoms with E-state index in [0.29, 0.717) is 6.54 Å². The zero-order chi connectivity index (χ0) is 16.2. The van der Waals surface area contributed by atoms with Gasteiger partial charge in [-0.15, -0.1) is 5.10 Å². The lowest BCUT2D eigenvalue weighted by Gasteiger charge is -2.06. The molecule has 6 heteroatoms. The van der Waals surface area contributed by atoms with E-state index in [9.17, 15) is 4.39 Å². The van der Waals surface area contributed by atoms with Crippen LogP contribution in [0.1, 0.15) is 11.1 Å². The second-order valence-electron chi connectivity index (χ2n) is 5.16. The van der Waals surface area contributed by atoms with Crippen molar-refractivity contribution in [2.24, 2.45) is 21.7 Å². The largest absolute Gasteiger partial charge is 0.369 e. The molecular formula is C17H16FN5. The number of hydrogen-bond acceptors (Lipinski definition) is 2. The minimum Gasteiger partial charge on any atom is -0.369 e. The molecule has 0 atom stereocenters. The molecule has 116 valence electrons. The topological polar surface area (TPSA) is 81.7 Å². The predicted octanol–water partition coefficient (Wildman–Crippen LogP) is 2.44. The molecule has 0 saturated carbocycles.